The van der Waals surface area contributed by atoms with E-state index in [2.05, 4.69) is 198 Å². The van der Waals surface area contributed by atoms with Crippen LogP contribution in [0.25, 0.3) is 169 Å². The van der Waals surface area contributed by atoms with Crippen molar-refractivity contribution in [3.05, 3.63) is 387 Å². The number of nitriles is 2. The summed E-state index contributed by atoms with van der Waals surface area (Å²) in [4.78, 5) is 43.6. The number of hydrogen-bond donors (Lipinski definition) is 0. The second-order valence-electron chi connectivity index (χ2n) is 33.3. The van der Waals surface area contributed by atoms with Crippen LogP contribution in [-0.4, -0.2) is 81.5 Å². The molecule has 0 aliphatic carbocycles. The summed E-state index contributed by atoms with van der Waals surface area (Å²) in [6.45, 7) is 16.5. The van der Waals surface area contributed by atoms with E-state index in [1.807, 2.05) is 255 Å². The second kappa shape index (κ2) is 36.5. The molecule has 18 aromatic rings. The summed E-state index contributed by atoms with van der Waals surface area (Å²) in [5.74, 6) is 5.72. The van der Waals surface area contributed by atoms with Gasteiger partial charge in [0.05, 0.1) is 45.7 Å². The Morgan fingerprint density at radius 1 is 0.234 bits per heavy atom. The van der Waals surface area contributed by atoms with Crippen LogP contribution < -0.4 is 10.9 Å². The van der Waals surface area contributed by atoms with Crippen molar-refractivity contribution >= 4 is 62.6 Å². The SMILES string of the molecule is Brc1ccc(-c2nc(-c3ccccc3)nc(-c3ccccc3)n2)cc1.CC1(C)OB(c2ccc3cc(-c4ccc(C#N)cc4)c(B4OC(C)(C)C(C)(C)O4)cc3c2)OC1(C)C.N#Cc1ccc(-c2cc3ccc(-c4ccc(-c5nc(-c6ccccc6)nc(-c6ccccc6)n5)cc4)cc3cc2-c2ccc(-c3nc(-c4ccccc4)nc(-c4ccccc4)n3)cc2)cc1.[CH3-]. The second-order valence-corrected chi connectivity index (χ2v) is 34.3. The number of rotatable bonds is 15. The number of aromatic nitrogens is 9. The van der Waals surface area contributed by atoms with E-state index in [0.29, 0.717) is 63.5 Å². The molecule has 2 saturated heterocycles. The molecule has 15 nitrogen and oxygen atoms in total. The fourth-order valence-electron chi connectivity index (χ4n) is 15.3. The van der Waals surface area contributed by atoms with E-state index in [1.54, 1.807) is 0 Å². The molecule has 2 aliphatic rings. The molecule has 3 aromatic heterocycles. The number of fused-ring (bicyclic) bond motifs is 2. The van der Waals surface area contributed by atoms with Crippen LogP contribution in [0.4, 0.5) is 0 Å². The summed E-state index contributed by atoms with van der Waals surface area (Å²) < 4.78 is 26.6. The number of halogens is 1. The molecule has 0 atom stereocenters. The van der Waals surface area contributed by atoms with Crippen molar-refractivity contribution in [2.45, 2.75) is 77.8 Å². The molecular formula is C110H87B2BrN11O4-. The normalized spacial score (nSPS) is 13.8. The first-order valence-corrected chi connectivity index (χ1v) is 42.9. The third-order valence-corrected chi connectivity index (χ3v) is 24.4. The third-order valence-electron chi connectivity index (χ3n) is 23.8. The van der Waals surface area contributed by atoms with Crippen LogP contribution in [0.3, 0.4) is 0 Å². The van der Waals surface area contributed by atoms with Crippen molar-refractivity contribution in [2.75, 3.05) is 0 Å². The van der Waals surface area contributed by atoms with Crippen molar-refractivity contribution < 1.29 is 18.6 Å². The smallest absolute Gasteiger partial charge is 0.399 e. The summed E-state index contributed by atoms with van der Waals surface area (Å²) >= 11 is 3.47. The van der Waals surface area contributed by atoms with E-state index in [0.717, 1.165) is 132 Å². The first-order chi connectivity index (χ1) is 61.6. The minimum atomic E-state index is -0.523. The van der Waals surface area contributed by atoms with Gasteiger partial charge in [0.25, 0.3) is 0 Å². The standard InChI is InChI=1S/C59H37N7.C29H33B2NO4.C21H14BrN3.CH3/c60-38-39-21-23-41(24-22-39)52-36-50-34-33-49(40-25-29-47(30-26-40)58-63-54(43-13-5-1-6-14-43)61-55(64-58)44-15-7-2-8-16-44)35-51(50)37-53(52)42-27-31-48(32-28-42)59-65-56(45-17-9-3-10-18-45)62-57(66-59)46-19-11-4-12-20-46;1-26(2)27(3,4)34-30(33-26)23-14-13-21-16-24(20-11-9-19(18-32)10-12-20)25(17-22(21)15-23)31-35-28(5,6)29(7,8)36-31;22-18-13-11-17(12-14-18)21-24-19(15-7-3-1-4-8-15)23-20(25-21)16-9-5-2-6-10-16;/h1-37H;9-17H,1-8H3;1-14H;1H3/q;;;-1. The fraction of sp³-hybridized carbons (Fsp3) is 0.109. The molecule has 128 heavy (non-hydrogen) atoms. The Balaban J connectivity index is 0.000000155. The highest BCUT2D eigenvalue weighted by Gasteiger charge is 2.53. The van der Waals surface area contributed by atoms with Gasteiger partial charge in [0.1, 0.15) is 0 Å². The summed E-state index contributed by atoms with van der Waals surface area (Å²) in [6, 6.07) is 126. The maximum Gasteiger partial charge on any atom is 0.495 e. The molecule has 15 aromatic carbocycles. The highest BCUT2D eigenvalue weighted by atomic mass is 79.9. The molecule has 620 valence electrons. The summed E-state index contributed by atoms with van der Waals surface area (Å²) in [5.41, 5.74) is 18.2. The molecular weight excluding hydrogens is 1640 g/mol. The Kier molecular flexibility index (Phi) is 24.3. The summed E-state index contributed by atoms with van der Waals surface area (Å²) in [7, 11) is -0.955. The first kappa shape index (κ1) is 85.4. The predicted molar refractivity (Wildman–Crippen MR) is 520 cm³/mol. The Bertz CT molecular complexity index is 6940. The van der Waals surface area contributed by atoms with Crippen molar-refractivity contribution in [1.82, 2.24) is 44.9 Å². The molecule has 0 amide bonds. The molecule has 0 unspecified atom stereocenters. The van der Waals surface area contributed by atoms with E-state index in [4.69, 9.17) is 58.5 Å². The maximum atomic E-state index is 9.58. The van der Waals surface area contributed by atoms with Gasteiger partial charge in [0.15, 0.2) is 52.4 Å². The quantitative estimate of drug-likeness (QED) is 0.0692. The maximum absolute atomic E-state index is 9.58. The van der Waals surface area contributed by atoms with Crippen LogP contribution in [0.1, 0.15) is 66.5 Å². The number of benzene rings is 15. The first-order valence-electron chi connectivity index (χ1n) is 42.1. The fourth-order valence-corrected chi connectivity index (χ4v) is 15.6. The van der Waals surface area contributed by atoms with Crippen molar-refractivity contribution in [2.24, 2.45) is 0 Å². The Morgan fingerprint density at radius 2 is 0.477 bits per heavy atom. The lowest BCUT2D eigenvalue weighted by atomic mass is 9.72. The van der Waals surface area contributed by atoms with Crippen molar-refractivity contribution in [3.8, 4) is 159 Å². The van der Waals surface area contributed by atoms with Gasteiger partial charge in [-0.3, -0.25) is 0 Å². The number of hydrogen-bond acceptors (Lipinski definition) is 15. The van der Waals surface area contributed by atoms with Gasteiger partial charge in [-0.05, 0) is 193 Å². The molecule has 18 heteroatoms. The van der Waals surface area contributed by atoms with E-state index in [-0.39, 0.29) is 7.43 Å². The minimum absolute atomic E-state index is 0. The Labute approximate surface area is 755 Å². The highest BCUT2D eigenvalue weighted by molar-refractivity contribution is 9.10. The minimum Gasteiger partial charge on any atom is -0.399 e. The molecule has 2 fully saturated rings. The average Bonchev–Trinajstić information content (AvgIpc) is 1.62. The van der Waals surface area contributed by atoms with Gasteiger partial charge >= 0.3 is 14.2 Å². The molecule has 0 saturated carbocycles. The summed E-state index contributed by atoms with van der Waals surface area (Å²) in [6.07, 6.45) is 0. The zero-order valence-electron chi connectivity index (χ0n) is 72.2. The van der Waals surface area contributed by atoms with Crippen LogP contribution in [-0.2, 0) is 18.6 Å². The Hall–Kier alpha value is -14.7. The lowest BCUT2D eigenvalue weighted by molar-refractivity contribution is 0.00578. The van der Waals surface area contributed by atoms with E-state index < -0.39 is 36.6 Å². The van der Waals surface area contributed by atoms with Gasteiger partial charge < -0.3 is 26.0 Å². The lowest BCUT2D eigenvalue weighted by Gasteiger charge is -2.32. The van der Waals surface area contributed by atoms with E-state index in [1.165, 1.54) is 0 Å². The topological polar surface area (TPSA) is 201 Å². The lowest BCUT2D eigenvalue weighted by Crippen LogP contribution is -2.41. The van der Waals surface area contributed by atoms with Crippen LogP contribution in [0, 0.1) is 30.1 Å². The largest absolute Gasteiger partial charge is 0.495 e. The third kappa shape index (κ3) is 18.4. The molecule has 0 radical (unpaired) electrons. The van der Waals surface area contributed by atoms with E-state index in [9.17, 15) is 10.5 Å². The van der Waals surface area contributed by atoms with Gasteiger partial charge in [-0.2, -0.15) is 10.5 Å². The van der Waals surface area contributed by atoms with Gasteiger partial charge in [-0.25, -0.2) is 44.9 Å². The van der Waals surface area contributed by atoms with Crippen LogP contribution >= 0.6 is 15.9 Å². The molecule has 0 spiro atoms. The molecule has 20 rings (SSSR count). The molecule has 5 heterocycles. The van der Waals surface area contributed by atoms with Gasteiger partial charge in [-0.15, -0.1) is 0 Å². The summed E-state index contributed by atoms with van der Waals surface area (Å²) in [5, 5.41) is 23.2. The van der Waals surface area contributed by atoms with Crippen molar-refractivity contribution in [1.29, 1.82) is 10.5 Å². The molecule has 0 N–H and O–H groups in total. The van der Waals surface area contributed by atoms with Gasteiger partial charge in [-0.1, -0.05) is 319 Å². The van der Waals surface area contributed by atoms with Crippen molar-refractivity contribution in [3.63, 3.8) is 0 Å². The zero-order valence-corrected chi connectivity index (χ0v) is 73.8. The van der Waals surface area contributed by atoms with Gasteiger partial charge in [0, 0.05) is 54.5 Å². The van der Waals surface area contributed by atoms with Crippen LogP contribution in [0.5, 0.6) is 0 Å². The average molecular weight is 1730 g/mol. The number of nitrogens with zero attached hydrogens (tertiary/aromatic N) is 11. The monoisotopic (exact) mass is 1730 g/mol. The van der Waals surface area contributed by atoms with Crippen LogP contribution in [0.2, 0.25) is 0 Å². The Morgan fingerprint density at radius 3 is 0.805 bits per heavy atom. The van der Waals surface area contributed by atoms with E-state index >= 15 is 0 Å². The predicted octanol–water partition coefficient (Wildman–Crippen LogP) is 25.1. The highest BCUT2D eigenvalue weighted by Crippen LogP contribution is 2.43. The zero-order chi connectivity index (χ0) is 87.4. The van der Waals surface area contributed by atoms with Crippen LogP contribution in [0.15, 0.2) is 368 Å². The molecule has 0 bridgehead atoms. The van der Waals surface area contributed by atoms with Gasteiger partial charge in [0.2, 0.25) is 0 Å². The molecule has 2 aliphatic heterocycles.